The molecule has 2 heterocycles. The van der Waals surface area contributed by atoms with Gasteiger partial charge in [0.25, 0.3) is 0 Å². The Hall–Kier alpha value is -2.73. The molecule has 0 aromatic carbocycles. The lowest BCUT2D eigenvalue weighted by atomic mass is 10.2. The van der Waals surface area contributed by atoms with Gasteiger partial charge in [0.15, 0.2) is 11.5 Å². The molecule has 13 heteroatoms. The number of anilines is 2. The molecular formula is C15H17F6N7. The second kappa shape index (κ2) is 8.52. The van der Waals surface area contributed by atoms with Crippen molar-refractivity contribution >= 4 is 11.9 Å². The van der Waals surface area contributed by atoms with Crippen molar-refractivity contribution in [2.24, 2.45) is 0 Å². The van der Waals surface area contributed by atoms with E-state index in [1.807, 2.05) is 6.92 Å². The lowest BCUT2D eigenvalue weighted by Gasteiger charge is -2.20. The summed E-state index contributed by atoms with van der Waals surface area (Å²) in [6, 6.07) is -1.94. The van der Waals surface area contributed by atoms with Crippen LogP contribution in [0.15, 0.2) is 12.4 Å². The van der Waals surface area contributed by atoms with Crippen LogP contribution in [0.5, 0.6) is 0 Å². The molecule has 0 radical (unpaired) electrons. The number of rotatable bonds is 7. The molecule has 0 fully saturated rings. The quantitative estimate of drug-likeness (QED) is 0.670. The molecule has 2 aromatic heterocycles. The van der Waals surface area contributed by atoms with Crippen molar-refractivity contribution in [3.8, 4) is 11.5 Å². The average molecular weight is 409 g/mol. The van der Waals surface area contributed by atoms with E-state index >= 15 is 0 Å². The van der Waals surface area contributed by atoms with Gasteiger partial charge in [-0.2, -0.15) is 41.3 Å². The Labute approximate surface area is 156 Å². The molecule has 0 aliphatic heterocycles. The number of hydrogen-bond donors (Lipinski definition) is 2. The first-order chi connectivity index (χ1) is 13.0. The van der Waals surface area contributed by atoms with Crippen LogP contribution in [0.2, 0.25) is 0 Å². The van der Waals surface area contributed by atoms with E-state index in [-0.39, 0.29) is 23.9 Å². The second-order valence-corrected chi connectivity index (χ2v) is 5.67. The predicted octanol–water partition coefficient (Wildman–Crippen LogP) is 3.92. The summed E-state index contributed by atoms with van der Waals surface area (Å²) >= 11 is 0. The zero-order valence-corrected chi connectivity index (χ0v) is 14.9. The maximum atomic E-state index is 13.0. The summed E-state index contributed by atoms with van der Waals surface area (Å²) in [4.78, 5) is 18.5. The minimum atomic E-state index is -4.75. The molecule has 154 valence electrons. The van der Waals surface area contributed by atoms with Crippen molar-refractivity contribution < 1.29 is 26.3 Å². The molecular weight excluding hydrogens is 392 g/mol. The Morgan fingerprint density at radius 1 is 0.929 bits per heavy atom. The third-order valence-electron chi connectivity index (χ3n) is 3.43. The Bertz CT molecular complexity index is 793. The smallest absolute Gasteiger partial charge is 0.354 e. The van der Waals surface area contributed by atoms with Gasteiger partial charge in [-0.25, -0.2) is 4.98 Å². The monoisotopic (exact) mass is 409 g/mol. The van der Waals surface area contributed by atoms with E-state index < -0.39 is 30.0 Å². The van der Waals surface area contributed by atoms with Crippen LogP contribution >= 0.6 is 0 Å². The standard InChI is InChI=1S/C15H17F6N7/c1-3-5-23-12-26-11(8-6-22-7-10(24-8)15(19,20)21)27-13(28-12)25-9(4-2)14(16,17)18/h6-7,9H,3-5H2,1-2H3,(H2,23,25,26,27,28). The minimum absolute atomic E-state index is 0.0920. The predicted molar refractivity (Wildman–Crippen MR) is 88.4 cm³/mol. The van der Waals surface area contributed by atoms with Gasteiger partial charge in [-0.05, 0) is 12.8 Å². The van der Waals surface area contributed by atoms with Crippen LogP contribution in [0.4, 0.5) is 38.2 Å². The summed E-state index contributed by atoms with van der Waals surface area (Å²) < 4.78 is 77.6. The van der Waals surface area contributed by atoms with E-state index in [1.54, 1.807) is 0 Å². The fourth-order valence-corrected chi connectivity index (χ4v) is 2.05. The summed E-state index contributed by atoms with van der Waals surface area (Å²) in [5, 5.41) is 4.91. The SMILES string of the molecule is CCCNc1nc(NC(CC)C(F)(F)F)nc(-c2cncc(C(F)(F)F)n2)n1. The van der Waals surface area contributed by atoms with Crippen molar-refractivity contribution in [2.45, 2.75) is 45.1 Å². The normalized spacial score (nSPS) is 13.3. The highest BCUT2D eigenvalue weighted by Gasteiger charge is 2.39. The molecule has 7 nitrogen and oxygen atoms in total. The van der Waals surface area contributed by atoms with Crippen molar-refractivity contribution in [2.75, 3.05) is 17.2 Å². The van der Waals surface area contributed by atoms with E-state index in [0.29, 0.717) is 19.2 Å². The third kappa shape index (κ3) is 5.63. The van der Waals surface area contributed by atoms with E-state index in [9.17, 15) is 26.3 Å². The van der Waals surface area contributed by atoms with E-state index in [4.69, 9.17) is 0 Å². The average Bonchev–Trinajstić information content (AvgIpc) is 2.62. The third-order valence-corrected chi connectivity index (χ3v) is 3.43. The summed E-state index contributed by atoms with van der Waals surface area (Å²) in [5.74, 6) is -0.871. The molecule has 28 heavy (non-hydrogen) atoms. The van der Waals surface area contributed by atoms with Crippen LogP contribution < -0.4 is 10.6 Å². The zero-order chi connectivity index (χ0) is 20.9. The Morgan fingerprint density at radius 2 is 1.61 bits per heavy atom. The first-order valence-corrected chi connectivity index (χ1v) is 8.27. The van der Waals surface area contributed by atoms with Gasteiger partial charge in [-0.15, -0.1) is 0 Å². The Kier molecular flexibility index (Phi) is 6.56. The van der Waals surface area contributed by atoms with Crippen LogP contribution in [0, 0.1) is 0 Å². The fraction of sp³-hybridized carbons (Fsp3) is 0.533. The first-order valence-electron chi connectivity index (χ1n) is 8.27. The van der Waals surface area contributed by atoms with Crippen LogP contribution in [-0.2, 0) is 6.18 Å². The number of nitrogens with one attached hydrogen (secondary N) is 2. The van der Waals surface area contributed by atoms with E-state index in [0.717, 1.165) is 6.20 Å². The summed E-state index contributed by atoms with van der Waals surface area (Å²) in [6.45, 7) is 3.55. The molecule has 1 atom stereocenters. The van der Waals surface area contributed by atoms with Gasteiger partial charge in [0, 0.05) is 6.54 Å². The number of alkyl halides is 6. The highest BCUT2D eigenvalue weighted by Crippen LogP contribution is 2.29. The molecule has 0 aliphatic carbocycles. The number of hydrogen-bond acceptors (Lipinski definition) is 7. The lowest BCUT2D eigenvalue weighted by molar-refractivity contribution is -0.143. The molecule has 0 amide bonds. The van der Waals surface area contributed by atoms with E-state index in [1.165, 1.54) is 6.92 Å². The molecule has 1 unspecified atom stereocenters. The van der Waals surface area contributed by atoms with Crippen molar-refractivity contribution in [1.29, 1.82) is 0 Å². The van der Waals surface area contributed by atoms with Crippen molar-refractivity contribution in [3.05, 3.63) is 18.1 Å². The van der Waals surface area contributed by atoms with Gasteiger partial charge in [0.05, 0.1) is 12.4 Å². The number of aromatic nitrogens is 5. The van der Waals surface area contributed by atoms with Gasteiger partial charge in [0.2, 0.25) is 11.9 Å². The van der Waals surface area contributed by atoms with Crippen molar-refractivity contribution in [3.63, 3.8) is 0 Å². The van der Waals surface area contributed by atoms with Crippen LogP contribution in [0.1, 0.15) is 32.4 Å². The van der Waals surface area contributed by atoms with Crippen LogP contribution in [0.3, 0.4) is 0 Å². The van der Waals surface area contributed by atoms with Gasteiger partial charge < -0.3 is 10.6 Å². The fourth-order valence-electron chi connectivity index (χ4n) is 2.05. The molecule has 0 spiro atoms. The molecule has 2 rings (SSSR count). The Morgan fingerprint density at radius 3 is 2.18 bits per heavy atom. The van der Waals surface area contributed by atoms with Gasteiger partial charge in [0.1, 0.15) is 11.7 Å². The first kappa shape index (κ1) is 21.6. The maximum absolute atomic E-state index is 13.0. The Balaban J connectivity index is 2.46. The van der Waals surface area contributed by atoms with Gasteiger partial charge in [-0.3, -0.25) is 4.98 Å². The molecule has 2 aromatic rings. The topological polar surface area (TPSA) is 88.5 Å². The molecule has 0 saturated heterocycles. The molecule has 0 saturated carbocycles. The van der Waals surface area contributed by atoms with Crippen LogP contribution in [0.25, 0.3) is 11.5 Å². The summed E-state index contributed by atoms with van der Waals surface area (Å²) in [5.41, 5.74) is -1.62. The van der Waals surface area contributed by atoms with Crippen LogP contribution in [-0.4, -0.2) is 43.7 Å². The van der Waals surface area contributed by atoms with E-state index in [2.05, 4.69) is 35.6 Å². The summed E-state index contributed by atoms with van der Waals surface area (Å²) in [7, 11) is 0. The number of halogens is 6. The molecule has 2 N–H and O–H groups in total. The largest absolute Gasteiger partial charge is 0.434 e. The highest BCUT2D eigenvalue weighted by molar-refractivity contribution is 5.53. The zero-order valence-electron chi connectivity index (χ0n) is 14.9. The van der Waals surface area contributed by atoms with Crippen molar-refractivity contribution in [1.82, 2.24) is 24.9 Å². The minimum Gasteiger partial charge on any atom is -0.354 e. The second-order valence-electron chi connectivity index (χ2n) is 5.67. The van der Waals surface area contributed by atoms with Gasteiger partial charge >= 0.3 is 12.4 Å². The number of nitrogens with zero attached hydrogens (tertiary/aromatic N) is 5. The van der Waals surface area contributed by atoms with Gasteiger partial charge in [-0.1, -0.05) is 13.8 Å². The molecule has 0 bridgehead atoms. The lowest BCUT2D eigenvalue weighted by Crippen LogP contribution is -2.36. The maximum Gasteiger partial charge on any atom is 0.434 e. The highest BCUT2D eigenvalue weighted by atomic mass is 19.4. The molecule has 0 aliphatic rings. The summed E-state index contributed by atoms with van der Waals surface area (Å²) in [6.07, 6.45) is -7.44.